The summed E-state index contributed by atoms with van der Waals surface area (Å²) in [4.78, 5) is 21.0. The quantitative estimate of drug-likeness (QED) is 0.207. The minimum Gasteiger partial charge on any atom is -0.494 e. The minimum absolute atomic E-state index is 0.383. The van der Waals surface area contributed by atoms with E-state index in [2.05, 4.69) is 16.9 Å². The third kappa shape index (κ3) is 6.93. The van der Waals surface area contributed by atoms with Gasteiger partial charge in [-0.25, -0.2) is 9.78 Å². The summed E-state index contributed by atoms with van der Waals surface area (Å²) in [6, 6.07) is 9.54. The zero-order valence-electron chi connectivity index (χ0n) is 19.4. The molecule has 0 fully saturated rings. The highest BCUT2D eigenvalue weighted by Gasteiger charge is 2.15. The molecule has 0 aliphatic rings. The van der Waals surface area contributed by atoms with Crippen molar-refractivity contribution in [2.45, 2.75) is 46.1 Å². The number of nitrogens with zero attached hydrogens (tertiary/aromatic N) is 3. The van der Waals surface area contributed by atoms with E-state index in [-0.39, 0.29) is 5.97 Å². The number of aryl methyl sites for hydroxylation is 1. The van der Waals surface area contributed by atoms with Gasteiger partial charge in [0.1, 0.15) is 11.6 Å². The summed E-state index contributed by atoms with van der Waals surface area (Å²) in [7, 11) is 1.38. The summed E-state index contributed by atoms with van der Waals surface area (Å²) in [5.74, 6) is 1.21. The number of esters is 1. The Bertz CT molecular complexity index is 1090. The molecule has 0 aliphatic carbocycles. The number of benzene rings is 1. The first-order valence-electron chi connectivity index (χ1n) is 11.1. The number of aromatic nitrogens is 3. The molecule has 3 rings (SSSR count). The highest BCUT2D eigenvalue weighted by atomic mass is 35.5. The molecule has 33 heavy (non-hydrogen) atoms. The number of carbonyl (C=O) groups excluding carboxylic acids is 1. The van der Waals surface area contributed by atoms with Crippen molar-refractivity contribution < 1.29 is 14.3 Å². The van der Waals surface area contributed by atoms with Crippen LogP contribution in [0, 0.1) is 6.92 Å². The van der Waals surface area contributed by atoms with Crippen molar-refractivity contribution in [1.82, 2.24) is 14.5 Å². The highest BCUT2D eigenvalue weighted by molar-refractivity contribution is 6.31. The van der Waals surface area contributed by atoms with Gasteiger partial charge in [-0.2, -0.15) is 0 Å². The van der Waals surface area contributed by atoms with Crippen molar-refractivity contribution in [3.05, 3.63) is 82.2 Å². The Hall–Kier alpha value is -3.12. The number of hydrogen-bond acceptors (Lipinski definition) is 5. The molecule has 0 spiro atoms. The molecule has 7 heteroatoms. The van der Waals surface area contributed by atoms with Crippen LogP contribution in [0.4, 0.5) is 0 Å². The lowest BCUT2D eigenvalue weighted by molar-refractivity contribution is -0.136. The van der Waals surface area contributed by atoms with Gasteiger partial charge in [-0.3, -0.25) is 4.98 Å². The van der Waals surface area contributed by atoms with E-state index in [1.54, 1.807) is 18.6 Å². The molecule has 0 N–H and O–H groups in total. The summed E-state index contributed by atoms with van der Waals surface area (Å²) in [6.45, 7) is 5.30. The molecule has 0 bridgehead atoms. The van der Waals surface area contributed by atoms with Crippen LogP contribution in [0.15, 0.2) is 54.5 Å². The SMILES string of the molecule is CCCCCOc1ccc(Cn2c(/C=C(\Cc3cccnc3)C(=O)OC)cnc2C)c(Cl)c1. The Morgan fingerprint density at radius 3 is 2.76 bits per heavy atom. The van der Waals surface area contributed by atoms with Gasteiger partial charge < -0.3 is 14.0 Å². The molecule has 2 aromatic heterocycles. The summed E-state index contributed by atoms with van der Waals surface area (Å²) in [5, 5.41) is 0.634. The van der Waals surface area contributed by atoms with E-state index in [1.165, 1.54) is 7.11 Å². The van der Waals surface area contributed by atoms with Crippen LogP contribution in [-0.2, 0) is 22.5 Å². The van der Waals surface area contributed by atoms with Crippen LogP contribution in [0.5, 0.6) is 5.75 Å². The number of unbranched alkanes of at least 4 members (excludes halogenated alkanes) is 2. The first-order chi connectivity index (χ1) is 16.0. The fourth-order valence-electron chi connectivity index (χ4n) is 3.48. The summed E-state index contributed by atoms with van der Waals surface area (Å²) >= 11 is 6.57. The van der Waals surface area contributed by atoms with Crippen LogP contribution in [0.3, 0.4) is 0 Å². The third-order valence-electron chi connectivity index (χ3n) is 5.34. The molecular formula is C26H30ClN3O3. The molecule has 0 saturated heterocycles. The maximum absolute atomic E-state index is 12.4. The van der Waals surface area contributed by atoms with Crippen LogP contribution in [0.2, 0.25) is 5.02 Å². The summed E-state index contributed by atoms with van der Waals surface area (Å²) in [5.41, 5.74) is 3.19. The summed E-state index contributed by atoms with van der Waals surface area (Å²) in [6.07, 6.45) is 10.8. The Balaban J connectivity index is 1.81. The van der Waals surface area contributed by atoms with E-state index in [9.17, 15) is 4.79 Å². The molecule has 0 amide bonds. The Morgan fingerprint density at radius 1 is 1.21 bits per heavy atom. The van der Waals surface area contributed by atoms with Gasteiger partial charge in [-0.05, 0) is 48.7 Å². The third-order valence-corrected chi connectivity index (χ3v) is 5.69. The largest absolute Gasteiger partial charge is 0.494 e. The highest BCUT2D eigenvalue weighted by Crippen LogP contribution is 2.25. The maximum atomic E-state index is 12.4. The van der Waals surface area contributed by atoms with E-state index >= 15 is 0 Å². The smallest absolute Gasteiger partial charge is 0.334 e. The lowest BCUT2D eigenvalue weighted by Crippen LogP contribution is -2.10. The predicted octanol–water partition coefficient (Wildman–Crippen LogP) is 5.66. The van der Waals surface area contributed by atoms with Crippen molar-refractivity contribution in [3.63, 3.8) is 0 Å². The number of methoxy groups -OCH3 is 1. The van der Waals surface area contributed by atoms with Crippen LogP contribution in [0.25, 0.3) is 6.08 Å². The van der Waals surface area contributed by atoms with E-state index in [1.807, 2.05) is 47.9 Å². The maximum Gasteiger partial charge on any atom is 0.334 e. The number of halogens is 1. The fourth-order valence-corrected chi connectivity index (χ4v) is 3.71. The molecule has 0 aliphatic heterocycles. The molecular weight excluding hydrogens is 438 g/mol. The van der Waals surface area contributed by atoms with E-state index in [4.69, 9.17) is 21.1 Å². The Labute approximate surface area is 200 Å². The van der Waals surface area contributed by atoms with Gasteiger partial charge in [0.25, 0.3) is 0 Å². The topological polar surface area (TPSA) is 66.2 Å². The second-order valence-electron chi connectivity index (χ2n) is 7.82. The minimum atomic E-state index is -0.383. The monoisotopic (exact) mass is 467 g/mol. The first kappa shape index (κ1) is 24.5. The van der Waals surface area contributed by atoms with E-state index in [0.29, 0.717) is 30.2 Å². The second kappa shape index (κ2) is 12.2. The van der Waals surface area contributed by atoms with Crippen molar-refractivity contribution in [1.29, 1.82) is 0 Å². The number of ether oxygens (including phenoxy) is 2. The van der Waals surface area contributed by atoms with Crippen molar-refractivity contribution in [3.8, 4) is 5.75 Å². The van der Waals surface area contributed by atoms with Crippen LogP contribution in [-0.4, -0.2) is 34.2 Å². The van der Waals surface area contributed by atoms with Crippen LogP contribution < -0.4 is 4.74 Å². The Kier molecular flexibility index (Phi) is 9.07. The number of pyridine rings is 1. The average Bonchev–Trinajstić information content (AvgIpc) is 3.17. The molecule has 6 nitrogen and oxygen atoms in total. The molecule has 0 saturated carbocycles. The van der Waals surface area contributed by atoms with Gasteiger partial charge in [0, 0.05) is 29.4 Å². The van der Waals surface area contributed by atoms with E-state index in [0.717, 1.165) is 47.7 Å². The predicted molar refractivity (Wildman–Crippen MR) is 130 cm³/mol. The van der Waals surface area contributed by atoms with Gasteiger partial charge in [-0.15, -0.1) is 0 Å². The molecule has 2 heterocycles. The number of imidazole rings is 1. The lowest BCUT2D eigenvalue weighted by atomic mass is 10.1. The number of rotatable bonds is 11. The standard InChI is InChI=1S/C26H30ClN3O3/c1-4-5-6-12-33-24-10-9-21(25(27)15-24)18-30-19(2)29-17-23(30)14-22(26(31)32-3)13-20-8-7-11-28-16-20/h7-11,14-17H,4-6,12-13,18H2,1-3H3/b22-14+. The first-order valence-corrected chi connectivity index (χ1v) is 11.5. The molecule has 0 unspecified atom stereocenters. The molecule has 3 aromatic rings. The van der Waals surface area contributed by atoms with Crippen molar-refractivity contribution in [2.24, 2.45) is 0 Å². The van der Waals surface area contributed by atoms with Crippen molar-refractivity contribution >= 4 is 23.6 Å². The second-order valence-corrected chi connectivity index (χ2v) is 8.23. The number of carbonyl (C=O) groups is 1. The zero-order chi connectivity index (χ0) is 23.6. The fraction of sp³-hybridized carbons (Fsp3) is 0.346. The normalized spacial score (nSPS) is 11.5. The van der Waals surface area contributed by atoms with Crippen LogP contribution in [0.1, 0.15) is 48.8 Å². The van der Waals surface area contributed by atoms with Gasteiger partial charge >= 0.3 is 5.97 Å². The Morgan fingerprint density at radius 2 is 2.06 bits per heavy atom. The average molecular weight is 468 g/mol. The summed E-state index contributed by atoms with van der Waals surface area (Å²) < 4.78 is 12.8. The zero-order valence-corrected chi connectivity index (χ0v) is 20.1. The molecule has 174 valence electrons. The lowest BCUT2D eigenvalue weighted by Gasteiger charge is -2.13. The van der Waals surface area contributed by atoms with Gasteiger partial charge in [0.15, 0.2) is 0 Å². The number of hydrogen-bond donors (Lipinski definition) is 0. The van der Waals surface area contributed by atoms with Gasteiger partial charge in [-0.1, -0.05) is 43.5 Å². The molecule has 0 radical (unpaired) electrons. The van der Waals surface area contributed by atoms with Crippen molar-refractivity contribution in [2.75, 3.05) is 13.7 Å². The van der Waals surface area contributed by atoms with E-state index < -0.39 is 0 Å². The van der Waals surface area contributed by atoms with Crippen LogP contribution >= 0.6 is 11.6 Å². The molecule has 1 aromatic carbocycles. The van der Waals surface area contributed by atoms with Gasteiger partial charge in [0.2, 0.25) is 0 Å². The molecule has 0 atom stereocenters. The van der Waals surface area contributed by atoms with Gasteiger partial charge in [0.05, 0.1) is 32.2 Å².